The maximum atomic E-state index is 12.7. The Morgan fingerprint density at radius 2 is 2.10 bits per heavy atom. The second-order valence-corrected chi connectivity index (χ2v) is 9.73. The highest BCUT2D eigenvalue weighted by Gasteiger charge is 2.29. The Labute approximate surface area is 191 Å². The van der Waals surface area contributed by atoms with Crippen molar-refractivity contribution in [2.45, 2.75) is 17.7 Å². The summed E-state index contributed by atoms with van der Waals surface area (Å²) < 4.78 is 34.8. The number of hydrogen-bond acceptors (Lipinski definition) is 7. The van der Waals surface area contributed by atoms with Crippen LogP contribution in [0, 0.1) is 10.5 Å². The number of nitrogens with one attached hydrogen (secondary N) is 2. The molecule has 3 N–H and O–H groups in total. The summed E-state index contributed by atoms with van der Waals surface area (Å²) >= 11 is 2.00. The molecule has 11 heteroatoms. The van der Waals surface area contributed by atoms with E-state index in [1.807, 2.05) is 35.6 Å². The molecule has 1 amide bonds. The number of carbonyl (C=O) groups is 1. The monoisotopic (exact) mass is 552 g/mol. The van der Waals surface area contributed by atoms with Gasteiger partial charge < -0.3 is 20.2 Å². The number of hydrogen-bond donors (Lipinski definition) is 3. The summed E-state index contributed by atoms with van der Waals surface area (Å²) in [6, 6.07) is 9.82. The summed E-state index contributed by atoms with van der Waals surface area (Å²) in [6.07, 6.45) is 2.90. The van der Waals surface area contributed by atoms with Gasteiger partial charge in [0.2, 0.25) is 11.7 Å². The zero-order chi connectivity index (χ0) is 22.2. The van der Waals surface area contributed by atoms with E-state index in [9.17, 15) is 18.3 Å². The van der Waals surface area contributed by atoms with Crippen LogP contribution in [-0.2, 0) is 14.8 Å². The smallest absolute Gasteiger partial charge is 0.287 e. The van der Waals surface area contributed by atoms with Gasteiger partial charge in [0.25, 0.3) is 15.9 Å². The van der Waals surface area contributed by atoms with E-state index in [2.05, 4.69) is 20.0 Å². The van der Waals surface area contributed by atoms with Crippen LogP contribution in [-0.4, -0.2) is 36.8 Å². The molecule has 3 aromatic rings. The SMILES string of the molecule is Cc1cc(O)cc(C(CNC(=O)C2=NS(=O)(=O)c3cc(I)ccc3N2)c2ncco2)c1. The number of benzene rings is 2. The fourth-order valence-corrected chi connectivity index (χ4v) is 5.10. The minimum Gasteiger partial charge on any atom is -0.508 e. The zero-order valence-electron chi connectivity index (χ0n) is 16.2. The molecule has 1 aliphatic rings. The van der Waals surface area contributed by atoms with Crippen molar-refractivity contribution in [1.29, 1.82) is 0 Å². The number of aromatic nitrogens is 1. The first-order valence-corrected chi connectivity index (χ1v) is 11.6. The Hall–Kier alpha value is -2.93. The van der Waals surface area contributed by atoms with Crippen LogP contribution in [0.15, 0.2) is 62.6 Å². The molecule has 0 saturated heterocycles. The lowest BCUT2D eigenvalue weighted by atomic mass is 9.96. The Morgan fingerprint density at radius 3 is 2.81 bits per heavy atom. The van der Waals surface area contributed by atoms with Crippen LogP contribution in [0.1, 0.15) is 22.9 Å². The van der Waals surface area contributed by atoms with Crippen molar-refractivity contribution >= 4 is 50.0 Å². The second kappa shape index (κ2) is 8.30. The van der Waals surface area contributed by atoms with Crippen molar-refractivity contribution in [3.8, 4) is 5.75 Å². The van der Waals surface area contributed by atoms with Gasteiger partial charge in [0.1, 0.15) is 16.9 Å². The Balaban J connectivity index is 1.58. The average Bonchev–Trinajstić information content (AvgIpc) is 3.22. The number of oxazole rings is 1. The third kappa shape index (κ3) is 4.56. The molecule has 0 fully saturated rings. The first-order valence-electron chi connectivity index (χ1n) is 9.12. The van der Waals surface area contributed by atoms with E-state index in [1.54, 1.807) is 24.3 Å². The van der Waals surface area contributed by atoms with Gasteiger partial charge in [-0.2, -0.15) is 8.42 Å². The minimum atomic E-state index is -4.01. The van der Waals surface area contributed by atoms with Crippen molar-refractivity contribution in [1.82, 2.24) is 10.3 Å². The van der Waals surface area contributed by atoms with Gasteiger partial charge in [-0.3, -0.25) is 4.79 Å². The van der Waals surface area contributed by atoms with Gasteiger partial charge in [-0.05, 0) is 71.0 Å². The van der Waals surface area contributed by atoms with Gasteiger partial charge in [-0.15, -0.1) is 4.40 Å². The molecule has 0 aliphatic carbocycles. The van der Waals surface area contributed by atoms with Crippen molar-refractivity contribution in [3.63, 3.8) is 0 Å². The zero-order valence-corrected chi connectivity index (χ0v) is 19.1. The first-order chi connectivity index (χ1) is 14.7. The second-order valence-electron chi connectivity index (χ2n) is 6.92. The first kappa shape index (κ1) is 21.3. The van der Waals surface area contributed by atoms with Gasteiger partial charge in [-0.25, -0.2) is 4.98 Å². The highest BCUT2D eigenvalue weighted by molar-refractivity contribution is 14.1. The number of anilines is 1. The number of rotatable bonds is 5. The number of aryl methyl sites for hydroxylation is 1. The van der Waals surface area contributed by atoms with Gasteiger partial charge in [0.05, 0.1) is 17.8 Å². The van der Waals surface area contributed by atoms with E-state index in [4.69, 9.17) is 4.42 Å². The third-order valence-corrected chi connectivity index (χ3v) is 6.59. The molecule has 1 aromatic heterocycles. The lowest BCUT2D eigenvalue weighted by molar-refractivity contribution is -0.114. The molecular weight excluding hydrogens is 535 g/mol. The molecule has 0 bridgehead atoms. The summed E-state index contributed by atoms with van der Waals surface area (Å²) in [5.41, 5.74) is 1.80. The van der Waals surface area contributed by atoms with Crippen LogP contribution in [0.5, 0.6) is 5.75 Å². The molecule has 1 aliphatic heterocycles. The molecule has 1 unspecified atom stereocenters. The van der Waals surface area contributed by atoms with Gasteiger partial charge in [0.15, 0.2) is 0 Å². The standard InChI is InChI=1S/C20H17IN4O5S/c1-11-6-12(8-14(26)7-11)15(20-22-4-5-30-20)10-23-19(27)18-24-16-3-2-13(21)9-17(16)31(28,29)25-18/h2-9,15,26H,10H2,1H3,(H,23,27)(H,24,25). The van der Waals surface area contributed by atoms with Crippen molar-refractivity contribution in [3.05, 3.63) is 69.4 Å². The van der Waals surface area contributed by atoms with Crippen LogP contribution >= 0.6 is 22.6 Å². The fraction of sp³-hybridized carbons (Fsp3) is 0.150. The van der Waals surface area contributed by atoms with Gasteiger partial charge >= 0.3 is 0 Å². The normalized spacial score (nSPS) is 15.4. The minimum absolute atomic E-state index is 0.0175. The highest BCUT2D eigenvalue weighted by atomic mass is 127. The van der Waals surface area contributed by atoms with E-state index in [0.717, 1.165) is 9.13 Å². The van der Waals surface area contributed by atoms with Crippen LogP contribution in [0.2, 0.25) is 0 Å². The number of sulfonamides is 1. The fourth-order valence-electron chi connectivity index (χ4n) is 3.26. The molecule has 4 rings (SSSR count). The number of phenolic OH excluding ortho intramolecular Hbond substituents is 1. The topological polar surface area (TPSA) is 134 Å². The third-order valence-electron chi connectivity index (χ3n) is 4.60. The number of fused-ring (bicyclic) bond motifs is 1. The molecular formula is C20H17IN4O5S. The lowest BCUT2D eigenvalue weighted by Gasteiger charge is -2.20. The van der Waals surface area contributed by atoms with Crippen LogP contribution in [0.4, 0.5) is 5.69 Å². The van der Waals surface area contributed by atoms with Gasteiger partial charge in [-0.1, -0.05) is 6.07 Å². The predicted molar refractivity (Wildman–Crippen MR) is 122 cm³/mol. The summed E-state index contributed by atoms with van der Waals surface area (Å²) in [6.45, 7) is 1.88. The van der Waals surface area contributed by atoms with E-state index < -0.39 is 21.8 Å². The highest BCUT2D eigenvalue weighted by Crippen LogP contribution is 2.29. The van der Waals surface area contributed by atoms with Crippen LogP contribution in [0.3, 0.4) is 0 Å². The quantitative estimate of drug-likeness (QED) is 0.415. The average molecular weight is 552 g/mol. The lowest BCUT2D eigenvalue weighted by Crippen LogP contribution is -2.40. The number of halogens is 1. The van der Waals surface area contributed by atoms with Gasteiger partial charge in [0, 0.05) is 10.1 Å². The van der Waals surface area contributed by atoms with Crippen LogP contribution in [0.25, 0.3) is 0 Å². The van der Waals surface area contributed by atoms with Crippen molar-refractivity contribution < 1.29 is 22.7 Å². The maximum absolute atomic E-state index is 12.7. The number of aromatic hydroxyl groups is 1. The largest absolute Gasteiger partial charge is 0.508 e. The molecule has 9 nitrogen and oxygen atoms in total. The number of amidine groups is 1. The number of carbonyl (C=O) groups excluding carboxylic acids is 1. The number of phenols is 1. The van der Waals surface area contributed by atoms with Crippen molar-refractivity contribution in [2.24, 2.45) is 4.40 Å². The molecule has 1 atom stereocenters. The summed E-state index contributed by atoms with van der Waals surface area (Å²) in [5, 5.41) is 15.4. The van der Waals surface area contributed by atoms with E-state index in [-0.39, 0.29) is 28.7 Å². The molecule has 2 heterocycles. The molecule has 31 heavy (non-hydrogen) atoms. The predicted octanol–water partition coefficient (Wildman–Crippen LogP) is 2.75. The van der Waals surface area contributed by atoms with E-state index >= 15 is 0 Å². The maximum Gasteiger partial charge on any atom is 0.287 e. The summed E-state index contributed by atoms with van der Waals surface area (Å²) in [5.74, 6) is -1.10. The number of nitrogens with zero attached hydrogens (tertiary/aromatic N) is 2. The van der Waals surface area contributed by atoms with Crippen LogP contribution < -0.4 is 10.6 Å². The molecule has 2 aromatic carbocycles. The van der Waals surface area contributed by atoms with Crippen molar-refractivity contribution in [2.75, 3.05) is 11.9 Å². The Kier molecular flexibility index (Phi) is 5.71. The Bertz CT molecular complexity index is 1270. The summed E-state index contributed by atoms with van der Waals surface area (Å²) in [7, 11) is -4.01. The molecule has 0 radical (unpaired) electrons. The van der Waals surface area contributed by atoms with E-state index in [1.165, 1.54) is 18.5 Å². The molecule has 0 spiro atoms. The molecule has 0 saturated carbocycles. The van der Waals surface area contributed by atoms with E-state index in [0.29, 0.717) is 11.5 Å². The Morgan fingerprint density at radius 1 is 1.29 bits per heavy atom. The summed E-state index contributed by atoms with van der Waals surface area (Å²) in [4.78, 5) is 16.9. The molecule has 160 valence electrons. The number of amides is 1.